The molecule has 0 radical (unpaired) electrons. The minimum Gasteiger partial charge on any atom is -0.481 e. The van der Waals surface area contributed by atoms with Crippen molar-refractivity contribution in [1.29, 1.82) is 0 Å². The zero-order chi connectivity index (χ0) is 32.9. The number of alkyl halides is 6. The van der Waals surface area contributed by atoms with Crippen molar-refractivity contribution in [1.82, 2.24) is 15.0 Å². The zero-order valence-electron chi connectivity index (χ0n) is 24.8. The third-order valence-electron chi connectivity index (χ3n) is 7.37. The predicted octanol–water partition coefficient (Wildman–Crippen LogP) is 6.73. The highest BCUT2D eigenvalue weighted by atomic mass is 19.4. The van der Waals surface area contributed by atoms with Gasteiger partial charge in [0.05, 0.1) is 48.0 Å². The Morgan fingerprint density at radius 2 is 1.76 bits per heavy atom. The summed E-state index contributed by atoms with van der Waals surface area (Å²) < 4.78 is 91.7. The summed E-state index contributed by atoms with van der Waals surface area (Å²) in [5.41, 5.74) is -1.51. The van der Waals surface area contributed by atoms with Crippen LogP contribution < -0.4 is 15.0 Å². The fourth-order valence-electron chi connectivity index (χ4n) is 5.24. The number of pyridine rings is 1. The molecule has 244 valence electrons. The van der Waals surface area contributed by atoms with E-state index in [0.717, 1.165) is 0 Å². The highest BCUT2D eigenvalue weighted by molar-refractivity contribution is 5.90. The molecule has 0 aliphatic carbocycles. The van der Waals surface area contributed by atoms with Crippen LogP contribution in [0.3, 0.4) is 0 Å². The standard InChI is InChI=1S/C30H33F6N5O4/c1-4-21-15-23(26-24(8-9-25(40-26)44-3)41(21)28(43)45-5-2)39-27-37-16-18(7-6-10-42)22(38-27)13-17-11-19(29(31,32)33)14-20(12-17)30(34,35)36/h8-9,11-12,14,16,21,23,42H,4-7,10,13,15H2,1-3H3,(H,37,38,39)/t21-,23+/m1/s1. The number of hydrogen-bond donors (Lipinski definition) is 2. The summed E-state index contributed by atoms with van der Waals surface area (Å²) >= 11 is 0. The molecular weight excluding hydrogens is 608 g/mol. The Hall–Kier alpha value is -4.14. The van der Waals surface area contributed by atoms with Crippen molar-refractivity contribution in [3.63, 3.8) is 0 Å². The van der Waals surface area contributed by atoms with E-state index in [9.17, 15) is 36.2 Å². The van der Waals surface area contributed by atoms with Crippen LogP contribution in [0.5, 0.6) is 5.88 Å². The Kier molecular flexibility index (Phi) is 10.4. The van der Waals surface area contributed by atoms with Gasteiger partial charge in [0.25, 0.3) is 0 Å². The van der Waals surface area contributed by atoms with E-state index in [1.807, 2.05) is 6.92 Å². The van der Waals surface area contributed by atoms with E-state index in [-0.39, 0.29) is 67.7 Å². The molecule has 2 aromatic heterocycles. The van der Waals surface area contributed by atoms with Crippen molar-refractivity contribution >= 4 is 17.7 Å². The number of amides is 1. The summed E-state index contributed by atoms with van der Waals surface area (Å²) in [7, 11) is 1.44. The van der Waals surface area contributed by atoms with Crippen molar-refractivity contribution in [3.05, 3.63) is 70.2 Å². The van der Waals surface area contributed by atoms with Gasteiger partial charge in [-0.1, -0.05) is 6.92 Å². The lowest BCUT2D eigenvalue weighted by atomic mass is 9.93. The normalized spacial score (nSPS) is 16.7. The Bertz CT molecular complexity index is 1470. The fourth-order valence-corrected chi connectivity index (χ4v) is 5.24. The second kappa shape index (κ2) is 13.9. The summed E-state index contributed by atoms with van der Waals surface area (Å²) in [6.07, 6.45) is -8.01. The van der Waals surface area contributed by atoms with Gasteiger partial charge >= 0.3 is 18.4 Å². The van der Waals surface area contributed by atoms with Gasteiger partial charge in [-0.3, -0.25) is 4.90 Å². The maximum absolute atomic E-state index is 13.5. The first-order chi connectivity index (χ1) is 21.3. The van der Waals surface area contributed by atoms with Crippen molar-refractivity contribution in [2.45, 2.75) is 70.4 Å². The Labute approximate surface area is 255 Å². The molecule has 1 aliphatic rings. The molecule has 0 unspecified atom stereocenters. The van der Waals surface area contributed by atoms with Crippen LogP contribution in [0.4, 0.5) is 42.8 Å². The van der Waals surface area contributed by atoms with Gasteiger partial charge in [0.15, 0.2) is 0 Å². The maximum atomic E-state index is 13.5. The molecule has 9 nitrogen and oxygen atoms in total. The predicted molar refractivity (Wildman–Crippen MR) is 152 cm³/mol. The minimum absolute atomic E-state index is 0.0563. The third kappa shape index (κ3) is 7.93. The molecule has 2 atom stereocenters. The Morgan fingerprint density at radius 1 is 1.07 bits per heavy atom. The van der Waals surface area contributed by atoms with E-state index in [2.05, 4.69) is 20.3 Å². The first kappa shape index (κ1) is 33.7. The van der Waals surface area contributed by atoms with Crippen LogP contribution in [0.15, 0.2) is 36.5 Å². The third-order valence-corrected chi connectivity index (χ3v) is 7.37. The molecule has 0 spiro atoms. The zero-order valence-corrected chi connectivity index (χ0v) is 24.8. The van der Waals surface area contributed by atoms with Gasteiger partial charge in [0.1, 0.15) is 0 Å². The van der Waals surface area contributed by atoms with E-state index < -0.39 is 35.6 Å². The number of methoxy groups -OCH3 is 1. The van der Waals surface area contributed by atoms with Gasteiger partial charge in [-0.2, -0.15) is 26.3 Å². The van der Waals surface area contributed by atoms with Gasteiger partial charge < -0.3 is 19.9 Å². The number of rotatable bonds is 10. The van der Waals surface area contributed by atoms with Crippen LogP contribution in [0.2, 0.25) is 0 Å². The second-order valence-corrected chi connectivity index (χ2v) is 10.4. The maximum Gasteiger partial charge on any atom is 0.416 e. The Morgan fingerprint density at radius 3 is 2.33 bits per heavy atom. The van der Waals surface area contributed by atoms with Crippen LogP contribution in [-0.4, -0.2) is 52.5 Å². The lowest BCUT2D eigenvalue weighted by Crippen LogP contribution is -2.46. The van der Waals surface area contributed by atoms with E-state index in [1.165, 1.54) is 18.2 Å². The summed E-state index contributed by atoms with van der Waals surface area (Å²) in [6.45, 7) is 3.58. The van der Waals surface area contributed by atoms with Gasteiger partial charge in [-0.05, 0) is 68.0 Å². The number of carbonyl (C=O) groups is 1. The molecule has 1 amide bonds. The number of halogens is 6. The van der Waals surface area contributed by atoms with E-state index in [4.69, 9.17) is 9.47 Å². The number of fused-ring (bicyclic) bond motifs is 1. The molecule has 0 saturated carbocycles. The van der Waals surface area contributed by atoms with E-state index >= 15 is 0 Å². The summed E-state index contributed by atoms with van der Waals surface area (Å²) in [6, 6.07) is 3.85. The number of anilines is 2. The molecule has 0 fully saturated rings. The van der Waals surface area contributed by atoms with Crippen molar-refractivity contribution in [3.8, 4) is 5.88 Å². The topological polar surface area (TPSA) is 110 Å². The fraction of sp³-hybridized carbons (Fsp3) is 0.467. The van der Waals surface area contributed by atoms with E-state index in [1.54, 1.807) is 19.1 Å². The van der Waals surface area contributed by atoms with Gasteiger partial charge in [0.2, 0.25) is 11.8 Å². The smallest absolute Gasteiger partial charge is 0.416 e. The number of ether oxygens (including phenoxy) is 2. The molecule has 45 heavy (non-hydrogen) atoms. The minimum atomic E-state index is -5.00. The number of aryl methyl sites for hydroxylation is 1. The van der Waals surface area contributed by atoms with Crippen molar-refractivity contribution < 1.29 is 45.7 Å². The van der Waals surface area contributed by atoms with Crippen molar-refractivity contribution in [2.24, 2.45) is 0 Å². The molecule has 1 aromatic carbocycles. The molecule has 0 saturated heterocycles. The number of benzene rings is 1. The average molecular weight is 642 g/mol. The molecule has 0 bridgehead atoms. The van der Waals surface area contributed by atoms with Crippen LogP contribution in [0.1, 0.15) is 72.8 Å². The van der Waals surface area contributed by atoms with Gasteiger partial charge in [0, 0.05) is 31.3 Å². The second-order valence-electron chi connectivity index (χ2n) is 10.4. The molecule has 4 rings (SSSR count). The summed E-state index contributed by atoms with van der Waals surface area (Å²) in [4.78, 5) is 27.9. The number of nitrogens with zero attached hydrogens (tertiary/aromatic N) is 4. The van der Waals surface area contributed by atoms with Gasteiger partial charge in [-0.15, -0.1) is 0 Å². The monoisotopic (exact) mass is 641 g/mol. The van der Waals surface area contributed by atoms with Crippen LogP contribution in [0.25, 0.3) is 0 Å². The Balaban J connectivity index is 1.75. The molecule has 3 heterocycles. The highest BCUT2D eigenvalue weighted by Gasteiger charge is 2.39. The molecule has 2 N–H and O–H groups in total. The van der Waals surface area contributed by atoms with Crippen LogP contribution in [0, 0.1) is 0 Å². The molecule has 15 heteroatoms. The lowest BCUT2D eigenvalue weighted by molar-refractivity contribution is -0.143. The van der Waals surface area contributed by atoms with Crippen LogP contribution >= 0.6 is 0 Å². The number of aromatic nitrogens is 3. The number of nitrogens with one attached hydrogen (secondary N) is 1. The first-order valence-corrected chi connectivity index (χ1v) is 14.3. The van der Waals surface area contributed by atoms with E-state index in [0.29, 0.717) is 41.9 Å². The molecular formula is C30H33F6N5O4. The molecule has 1 aliphatic heterocycles. The first-order valence-electron chi connectivity index (χ1n) is 14.3. The SMILES string of the molecule is CCOC(=O)N1c2ccc(OC)nc2[C@@H](Nc2ncc(CCCO)c(Cc3cc(C(F)(F)F)cc(C(F)(F)F)c3)n2)C[C@H]1CC. The quantitative estimate of drug-likeness (QED) is 0.235. The van der Waals surface area contributed by atoms with Crippen molar-refractivity contribution in [2.75, 3.05) is 30.5 Å². The highest BCUT2D eigenvalue weighted by Crippen LogP contribution is 2.40. The average Bonchev–Trinajstić information content (AvgIpc) is 2.99. The number of hydrogen-bond acceptors (Lipinski definition) is 8. The lowest BCUT2D eigenvalue weighted by Gasteiger charge is -2.39. The number of carbonyl (C=O) groups excluding carboxylic acids is 1. The number of aliphatic hydroxyl groups excluding tert-OH is 1. The number of aliphatic hydroxyl groups is 1. The van der Waals surface area contributed by atoms with Crippen LogP contribution in [-0.2, 0) is 29.9 Å². The summed E-state index contributed by atoms with van der Waals surface area (Å²) in [5.74, 6) is 0.339. The largest absolute Gasteiger partial charge is 0.481 e. The summed E-state index contributed by atoms with van der Waals surface area (Å²) in [5, 5.41) is 12.5. The van der Waals surface area contributed by atoms with Gasteiger partial charge in [-0.25, -0.2) is 19.7 Å². The molecule has 3 aromatic rings.